The number of carbonyl (C=O) groups is 2. The monoisotopic (exact) mass is 457 g/mol. The summed E-state index contributed by atoms with van der Waals surface area (Å²) >= 11 is 3.35. The molecule has 29 heavy (non-hydrogen) atoms. The summed E-state index contributed by atoms with van der Waals surface area (Å²) in [4.78, 5) is 23.8. The zero-order chi connectivity index (χ0) is 21.0. The normalized spacial score (nSPS) is 11.6. The van der Waals surface area contributed by atoms with Gasteiger partial charge in [-0.1, -0.05) is 28.1 Å². The molecule has 1 amide bonds. The van der Waals surface area contributed by atoms with Gasteiger partial charge in [0.1, 0.15) is 17.3 Å². The highest BCUT2D eigenvalue weighted by atomic mass is 79.9. The molecule has 0 fully saturated rings. The van der Waals surface area contributed by atoms with Crippen LogP contribution in [0.5, 0.6) is 11.5 Å². The summed E-state index contributed by atoms with van der Waals surface area (Å²) in [6, 6.07) is 16.5. The van der Waals surface area contributed by atoms with Crippen LogP contribution in [0, 0.1) is 5.82 Å². The van der Waals surface area contributed by atoms with Crippen molar-refractivity contribution >= 4 is 27.8 Å². The van der Waals surface area contributed by atoms with E-state index in [4.69, 9.17) is 9.84 Å². The summed E-state index contributed by atoms with van der Waals surface area (Å²) in [7, 11) is 0. The van der Waals surface area contributed by atoms with Gasteiger partial charge in [-0.05, 0) is 67.1 Å². The highest BCUT2D eigenvalue weighted by Gasteiger charge is 2.17. The summed E-state index contributed by atoms with van der Waals surface area (Å²) in [5.41, 5.74) is 1.24. The molecule has 5 nitrogen and oxygen atoms in total. The fraction of sp³-hybridized carbons (Fsp3) is 0.0909. The summed E-state index contributed by atoms with van der Waals surface area (Å²) < 4.78 is 19.6. The van der Waals surface area contributed by atoms with Crippen molar-refractivity contribution in [1.82, 2.24) is 5.32 Å². The largest absolute Gasteiger partial charge is 0.478 e. The van der Waals surface area contributed by atoms with E-state index < -0.39 is 5.97 Å². The Labute approximate surface area is 175 Å². The number of nitrogens with one attached hydrogen (secondary N) is 1. The molecule has 0 spiro atoms. The predicted molar refractivity (Wildman–Crippen MR) is 110 cm³/mol. The summed E-state index contributed by atoms with van der Waals surface area (Å²) in [5.74, 6) is -1.03. The lowest BCUT2D eigenvalue weighted by Gasteiger charge is -2.17. The number of rotatable bonds is 6. The highest BCUT2D eigenvalue weighted by Crippen LogP contribution is 2.29. The van der Waals surface area contributed by atoms with E-state index in [1.165, 1.54) is 36.4 Å². The second-order valence-electron chi connectivity index (χ2n) is 6.32. The molecular formula is C22H17BrFNO4. The van der Waals surface area contributed by atoms with Crippen molar-refractivity contribution in [3.8, 4) is 11.5 Å². The molecule has 0 aliphatic carbocycles. The Hall–Kier alpha value is -3.19. The summed E-state index contributed by atoms with van der Waals surface area (Å²) in [5, 5.41) is 11.9. The number of halogens is 2. The summed E-state index contributed by atoms with van der Waals surface area (Å²) in [6.45, 7) is 1.80. The van der Waals surface area contributed by atoms with E-state index in [0.717, 1.165) is 5.56 Å². The number of aromatic carboxylic acids is 1. The molecule has 0 aliphatic heterocycles. The van der Waals surface area contributed by atoms with Gasteiger partial charge < -0.3 is 15.2 Å². The van der Waals surface area contributed by atoms with Gasteiger partial charge in [0, 0.05) is 4.47 Å². The maximum Gasteiger partial charge on any atom is 0.335 e. The Morgan fingerprint density at radius 2 is 1.69 bits per heavy atom. The van der Waals surface area contributed by atoms with Crippen LogP contribution < -0.4 is 10.1 Å². The number of carbonyl (C=O) groups excluding carboxylic acids is 1. The van der Waals surface area contributed by atoms with E-state index in [-0.39, 0.29) is 23.3 Å². The van der Waals surface area contributed by atoms with Crippen LogP contribution in [-0.4, -0.2) is 17.0 Å². The Morgan fingerprint density at radius 3 is 2.31 bits per heavy atom. The molecule has 0 saturated heterocycles. The van der Waals surface area contributed by atoms with Gasteiger partial charge in [-0.3, -0.25) is 4.79 Å². The van der Waals surface area contributed by atoms with E-state index in [2.05, 4.69) is 21.2 Å². The van der Waals surface area contributed by atoms with E-state index in [1.807, 2.05) is 0 Å². The molecule has 148 valence electrons. The number of benzene rings is 3. The van der Waals surface area contributed by atoms with Crippen LogP contribution in [0.4, 0.5) is 4.39 Å². The third-order valence-electron chi connectivity index (χ3n) is 4.23. The molecule has 3 aromatic rings. The maximum atomic E-state index is 13.1. The van der Waals surface area contributed by atoms with Gasteiger partial charge in [-0.25, -0.2) is 9.18 Å². The Kier molecular flexibility index (Phi) is 6.29. The molecule has 0 aliphatic rings. The van der Waals surface area contributed by atoms with E-state index in [0.29, 0.717) is 21.5 Å². The number of carboxylic acid groups (broad SMARTS) is 1. The first-order valence-electron chi connectivity index (χ1n) is 8.70. The van der Waals surface area contributed by atoms with Crippen LogP contribution in [0.3, 0.4) is 0 Å². The van der Waals surface area contributed by atoms with E-state index in [1.54, 1.807) is 37.3 Å². The number of ether oxygens (including phenoxy) is 1. The molecule has 0 aromatic heterocycles. The van der Waals surface area contributed by atoms with Gasteiger partial charge in [0.25, 0.3) is 5.91 Å². The van der Waals surface area contributed by atoms with Crippen molar-refractivity contribution < 1.29 is 23.8 Å². The number of amides is 1. The molecule has 7 heteroatoms. The van der Waals surface area contributed by atoms with Gasteiger partial charge in [-0.15, -0.1) is 0 Å². The van der Waals surface area contributed by atoms with Gasteiger partial charge in [0.2, 0.25) is 0 Å². The van der Waals surface area contributed by atoms with Crippen molar-refractivity contribution in [3.05, 3.63) is 93.7 Å². The minimum absolute atomic E-state index is 0.175. The van der Waals surface area contributed by atoms with Crippen LogP contribution in [0.2, 0.25) is 0 Å². The highest BCUT2D eigenvalue weighted by molar-refractivity contribution is 9.10. The fourth-order valence-corrected chi connectivity index (χ4v) is 3.03. The Balaban J connectivity index is 1.79. The minimum atomic E-state index is -1.01. The molecule has 1 unspecified atom stereocenters. The lowest BCUT2D eigenvalue weighted by atomic mass is 10.1. The minimum Gasteiger partial charge on any atom is -0.478 e. The van der Waals surface area contributed by atoms with Crippen molar-refractivity contribution in [2.45, 2.75) is 13.0 Å². The number of carboxylic acids is 1. The topological polar surface area (TPSA) is 75.6 Å². The Morgan fingerprint density at radius 1 is 1.03 bits per heavy atom. The average molecular weight is 458 g/mol. The molecule has 0 radical (unpaired) electrons. The van der Waals surface area contributed by atoms with Crippen molar-refractivity contribution in [2.75, 3.05) is 0 Å². The van der Waals surface area contributed by atoms with Gasteiger partial charge >= 0.3 is 5.97 Å². The standard InChI is InChI=1S/C22H17BrFNO4/c1-13(14-2-4-15(5-3-14)22(27)28)25-21(26)19-12-16(23)6-11-20(19)29-18-9-7-17(24)8-10-18/h2-13H,1H3,(H,25,26)(H,27,28). The number of hydrogen-bond acceptors (Lipinski definition) is 3. The lowest BCUT2D eigenvalue weighted by molar-refractivity contribution is 0.0696. The second kappa shape index (κ2) is 8.87. The van der Waals surface area contributed by atoms with Crippen molar-refractivity contribution in [1.29, 1.82) is 0 Å². The van der Waals surface area contributed by atoms with Crippen molar-refractivity contribution in [3.63, 3.8) is 0 Å². The molecule has 2 N–H and O–H groups in total. The van der Waals surface area contributed by atoms with Crippen LogP contribution in [0.1, 0.15) is 39.2 Å². The van der Waals surface area contributed by atoms with Crippen LogP contribution in [0.25, 0.3) is 0 Å². The quantitative estimate of drug-likeness (QED) is 0.507. The van der Waals surface area contributed by atoms with Gasteiger partial charge in [0.05, 0.1) is 17.2 Å². The average Bonchev–Trinajstić information content (AvgIpc) is 2.71. The summed E-state index contributed by atoms with van der Waals surface area (Å²) in [6.07, 6.45) is 0. The van der Waals surface area contributed by atoms with E-state index >= 15 is 0 Å². The smallest absolute Gasteiger partial charge is 0.335 e. The molecule has 3 aromatic carbocycles. The number of hydrogen-bond donors (Lipinski definition) is 2. The lowest BCUT2D eigenvalue weighted by Crippen LogP contribution is -2.27. The first kappa shape index (κ1) is 20.5. The van der Waals surface area contributed by atoms with Crippen LogP contribution in [0.15, 0.2) is 71.2 Å². The molecule has 0 saturated carbocycles. The van der Waals surface area contributed by atoms with Crippen molar-refractivity contribution in [2.24, 2.45) is 0 Å². The SMILES string of the molecule is CC(NC(=O)c1cc(Br)ccc1Oc1ccc(F)cc1)c1ccc(C(=O)O)cc1. The van der Waals surface area contributed by atoms with E-state index in [9.17, 15) is 14.0 Å². The third kappa shape index (κ3) is 5.20. The van der Waals surface area contributed by atoms with Crippen LogP contribution >= 0.6 is 15.9 Å². The van der Waals surface area contributed by atoms with Crippen LogP contribution in [-0.2, 0) is 0 Å². The third-order valence-corrected chi connectivity index (χ3v) is 4.73. The van der Waals surface area contributed by atoms with Gasteiger partial charge in [-0.2, -0.15) is 0 Å². The maximum absolute atomic E-state index is 13.1. The molecule has 3 rings (SSSR count). The first-order chi connectivity index (χ1) is 13.8. The zero-order valence-electron chi connectivity index (χ0n) is 15.4. The molecule has 1 atom stereocenters. The molecular weight excluding hydrogens is 441 g/mol. The molecule has 0 bridgehead atoms. The predicted octanol–water partition coefficient (Wildman–Crippen LogP) is 5.57. The Bertz CT molecular complexity index is 1040. The first-order valence-corrected chi connectivity index (χ1v) is 9.50. The second-order valence-corrected chi connectivity index (χ2v) is 7.23. The fourth-order valence-electron chi connectivity index (χ4n) is 2.67. The molecule has 0 heterocycles. The van der Waals surface area contributed by atoms with Gasteiger partial charge in [0.15, 0.2) is 0 Å². The zero-order valence-corrected chi connectivity index (χ0v) is 16.9.